The zero-order chi connectivity index (χ0) is 7.14. The fourth-order valence-corrected chi connectivity index (χ4v) is 2.13. The molecule has 0 radical (unpaired) electrons. The highest BCUT2D eigenvalue weighted by molar-refractivity contribution is 5.87. The lowest BCUT2D eigenvalue weighted by atomic mass is 9.75. The fraction of sp³-hybridized carbons (Fsp3) is 0.667. The Kier molecular flexibility index (Phi) is 1.11. The summed E-state index contributed by atoms with van der Waals surface area (Å²) in [6, 6.07) is 0. The minimum atomic E-state index is 0.362. The number of ketones is 1. The lowest BCUT2D eigenvalue weighted by Crippen LogP contribution is -2.32. The van der Waals surface area contributed by atoms with Gasteiger partial charge in [0.15, 0.2) is 0 Å². The van der Waals surface area contributed by atoms with Crippen LogP contribution in [0.4, 0.5) is 0 Å². The number of carbonyl (C=O) groups excluding carboxylic acids is 1. The van der Waals surface area contributed by atoms with Crippen molar-refractivity contribution >= 4 is 5.78 Å². The Morgan fingerprint density at radius 2 is 2.30 bits per heavy atom. The molecule has 0 aromatic heterocycles. The number of Topliss-reactive ketones (excluding diaryl/α,β-unsaturated/α-hetero) is 1. The number of hydrogen-bond acceptors (Lipinski definition) is 1. The van der Waals surface area contributed by atoms with Gasteiger partial charge in [-0.25, -0.2) is 0 Å². The molecule has 0 bridgehead atoms. The molecule has 2 rings (SSSR count). The van der Waals surface area contributed by atoms with Gasteiger partial charge in [-0.1, -0.05) is 0 Å². The summed E-state index contributed by atoms with van der Waals surface area (Å²) in [4.78, 5) is 10.9. The van der Waals surface area contributed by atoms with Gasteiger partial charge in [-0.05, 0) is 18.8 Å². The molecule has 2 fully saturated rings. The smallest absolute Gasteiger partial charge is 0.136 e. The standard InChI is InChI=1S/C9H10O/c1-2-6-3-7-5-9(10)8(7)4-6/h1,6-8H,3-5H2/t6-,7?,8?/m1/s1. The minimum absolute atomic E-state index is 0.362. The van der Waals surface area contributed by atoms with Crippen LogP contribution < -0.4 is 0 Å². The fourth-order valence-electron chi connectivity index (χ4n) is 2.13. The first kappa shape index (κ1) is 5.97. The number of fused-ring (bicyclic) bond motifs is 1. The lowest BCUT2D eigenvalue weighted by Gasteiger charge is -2.27. The van der Waals surface area contributed by atoms with Gasteiger partial charge in [0, 0.05) is 18.3 Å². The number of carbonyl (C=O) groups is 1. The van der Waals surface area contributed by atoms with Gasteiger partial charge in [0.1, 0.15) is 5.78 Å². The van der Waals surface area contributed by atoms with Crippen LogP contribution in [0.3, 0.4) is 0 Å². The van der Waals surface area contributed by atoms with Crippen molar-refractivity contribution in [1.82, 2.24) is 0 Å². The van der Waals surface area contributed by atoms with Crippen molar-refractivity contribution in [1.29, 1.82) is 0 Å². The summed E-state index contributed by atoms with van der Waals surface area (Å²) in [7, 11) is 0. The first-order chi connectivity index (χ1) is 4.81. The van der Waals surface area contributed by atoms with E-state index in [0.717, 1.165) is 19.3 Å². The zero-order valence-corrected chi connectivity index (χ0v) is 5.84. The third-order valence-corrected chi connectivity index (χ3v) is 2.81. The molecule has 2 aliphatic carbocycles. The van der Waals surface area contributed by atoms with E-state index in [1.54, 1.807) is 0 Å². The van der Waals surface area contributed by atoms with Gasteiger partial charge in [0.2, 0.25) is 0 Å². The molecule has 2 saturated carbocycles. The second-order valence-electron chi connectivity index (χ2n) is 3.37. The molecular formula is C9H10O. The van der Waals surface area contributed by atoms with Crippen molar-refractivity contribution in [3.05, 3.63) is 0 Å². The monoisotopic (exact) mass is 134 g/mol. The zero-order valence-electron chi connectivity index (χ0n) is 5.84. The van der Waals surface area contributed by atoms with Crippen molar-refractivity contribution in [3.8, 4) is 12.3 Å². The van der Waals surface area contributed by atoms with Crippen molar-refractivity contribution < 1.29 is 4.79 Å². The maximum Gasteiger partial charge on any atom is 0.136 e. The lowest BCUT2D eigenvalue weighted by molar-refractivity contribution is -0.132. The molecule has 0 aromatic carbocycles. The average molecular weight is 134 g/mol. The van der Waals surface area contributed by atoms with Crippen molar-refractivity contribution in [2.24, 2.45) is 17.8 Å². The van der Waals surface area contributed by atoms with Crippen LogP contribution in [0.1, 0.15) is 19.3 Å². The molecule has 10 heavy (non-hydrogen) atoms. The Balaban J connectivity index is 2.07. The van der Waals surface area contributed by atoms with Crippen LogP contribution >= 0.6 is 0 Å². The molecule has 2 aliphatic rings. The molecule has 0 saturated heterocycles. The van der Waals surface area contributed by atoms with E-state index in [0.29, 0.717) is 23.5 Å². The summed E-state index contributed by atoms with van der Waals surface area (Å²) < 4.78 is 0. The molecule has 2 unspecified atom stereocenters. The van der Waals surface area contributed by atoms with E-state index in [9.17, 15) is 4.79 Å². The summed E-state index contributed by atoms with van der Waals surface area (Å²) in [6.45, 7) is 0. The molecule has 0 aliphatic heterocycles. The van der Waals surface area contributed by atoms with E-state index in [-0.39, 0.29) is 0 Å². The minimum Gasteiger partial charge on any atom is -0.299 e. The highest BCUT2D eigenvalue weighted by Crippen LogP contribution is 2.46. The molecule has 52 valence electrons. The number of hydrogen-bond donors (Lipinski definition) is 0. The molecule has 0 amide bonds. The SMILES string of the molecule is C#C[C@@H]1CC2CC(=O)C2C1. The summed E-state index contributed by atoms with van der Waals surface area (Å²) in [6.07, 6.45) is 8.15. The van der Waals surface area contributed by atoms with E-state index < -0.39 is 0 Å². The molecular weight excluding hydrogens is 124 g/mol. The average Bonchev–Trinajstić information content (AvgIpc) is 2.26. The predicted octanol–water partition coefficient (Wildman–Crippen LogP) is 1.23. The van der Waals surface area contributed by atoms with Crippen LogP contribution in [0.5, 0.6) is 0 Å². The van der Waals surface area contributed by atoms with Gasteiger partial charge in [-0.15, -0.1) is 12.3 Å². The Bertz CT molecular complexity index is 211. The molecule has 1 heteroatoms. The highest BCUT2D eigenvalue weighted by atomic mass is 16.1. The van der Waals surface area contributed by atoms with Gasteiger partial charge in [0.25, 0.3) is 0 Å². The van der Waals surface area contributed by atoms with Crippen LogP contribution in [0, 0.1) is 30.1 Å². The second kappa shape index (κ2) is 1.85. The van der Waals surface area contributed by atoms with E-state index in [2.05, 4.69) is 5.92 Å². The molecule has 3 atom stereocenters. The molecule has 0 N–H and O–H groups in total. The first-order valence-electron chi connectivity index (χ1n) is 3.80. The van der Waals surface area contributed by atoms with Crippen LogP contribution in [-0.2, 0) is 4.79 Å². The summed E-state index contributed by atoms with van der Waals surface area (Å²) in [5.74, 6) is 4.61. The molecule has 0 heterocycles. The molecule has 0 aromatic rings. The number of terminal acetylenes is 1. The summed E-state index contributed by atoms with van der Waals surface area (Å²) >= 11 is 0. The Morgan fingerprint density at radius 1 is 1.50 bits per heavy atom. The quantitative estimate of drug-likeness (QED) is 0.455. The van der Waals surface area contributed by atoms with Crippen LogP contribution in [-0.4, -0.2) is 5.78 Å². The van der Waals surface area contributed by atoms with Gasteiger partial charge < -0.3 is 0 Å². The first-order valence-corrected chi connectivity index (χ1v) is 3.80. The third kappa shape index (κ3) is 0.623. The van der Waals surface area contributed by atoms with Crippen molar-refractivity contribution in [3.63, 3.8) is 0 Å². The predicted molar refractivity (Wildman–Crippen MR) is 38.2 cm³/mol. The van der Waals surface area contributed by atoms with Crippen LogP contribution in [0.15, 0.2) is 0 Å². The maximum absolute atomic E-state index is 10.9. The molecule has 1 nitrogen and oxygen atoms in total. The van der Waals surface area contributed by atoms with Gasteiger partial charge in [-0.3, -0.25) is 4.79 Å². The Morgan fingerprint density at radius 3 is 2.80 bits per heavy atom. The van der Waals surface area contributed by atoms with Crippen LogP contribution in [0.2, 0.25) is 0 Å². The van der Waals surface area contributed by atoms with Crippen molar-refractivity contribution in [2.75, 3.05) is 0 Å². The largest absolute Gasteiger partial charge is 0.299 e. The Labute approximate surface area is 60.8 Å². The molecule has 0 spiro atoms. The van der Waals surface area contributed by atoms with Gasteiger partial charge in [-0.2, -0.15) is 0 Å². The van der Waals surface area contributed by atoms with Crippen LogP contribution in [0.25, 0.3) is 0 Å². The van der Waals surface area contributed by atoms with E-state index in [4.69, 9.17) is 6.42 Å². The topological polar surface area (TPSA) is 17.1 Å². The van der Waals surface area contributed by atoms with E-state index >= 15 is 0 Å². The second-order valence-corrected chi connectivity index (χ2v) is 3.37. The third-order valence-electron chi connectivity index (χ3n) is 2.81. The van der Waals surface area contributed by atoms with Gasteiger partial charge >= 0.3 is 0 Å². The summed E-state index contributed by atoms with van der Waals surface area (Å²) in [5.41, 5.74) is 0. The maximum atomic E-state index is 10.9. The van der Waals surface area contributed by atoms with E-state index in [1.807, 2.05) is 0 Å². The normalized spacial score (nSPS) is 43.9. The number of rotatable bonds is 0. The summed E-state index contributed by atoms with van der Waals surface area (Å²) in [5, 5.41) is 0. The van der Waals surface area contributed by atoms with E-state index in [1.165, 1.54) is 0 Å². The Hall–Kier alpha value is -0.770. The van der Waals surface area contributed by atoms with Gasteiger partial charge in [0.05, 0.1) is 0 Å². The van der Waals surface area contributed by atoms with Crippen molar-refractivity contribution in [2.45, 2.75) is 19.3 Å². The highest BCUT2D eigenvalue weighted by Gasteiger charge is 2.46.